The van der Waals surface area contributed by atoms with Crippen molar-refractivity contribution in [2.75, 3.05) is 13.2 Å². The normalized spacial score (nSPS) is 13.6. The molecule has 57 heavy (non-hydrogen) atoms. The summed E-state index contributed by atoms with van der Waals surface area (Å²) in [6, 6.07) is 13.7. The van der Waals surface area contributed by atoms with E-state index in [4.69, 9.17) is 18.1 Å². The van der Waals surface area contributed by atoms with E-state index in [1.54, 1.807) is 48.5 Å². The maximum Gasteiger partial charge on any atom is 1.00 e. The number of hydrogen-bond donors (Lipinski definition) is 2. The summed E-state index contributed by atoms with van der Waals surface area (Å²) >= 11 is 0. The van der Waals surface area contributed by atoms with Crippen LogP contribution < -0.4 is 38.6 Å². The van der Waals surface area contributed by atoms with Crippen LogP contribution in [-0.4, -0.2) is 23.0 Å². The van der Waals surface area contributed by atoms with Crippen LogP contribution in [0.4, 0.5) is 0 Å². The van der Waals surface area contributed by atoms with Gasteiger partial charge in [-0.25, -0.2) is 9.13 Å². The Balaban J connectivity index is 0.0000162. The van der Waals surface area contributed by atoms with E-state index in [1.807, 2.05) is 12.2 Å². The molecule has 0 saturated carbocycles. The van der Waals surface area contributed by atoms with Crippen LogP contribution in [-0.2, 0) is 18.2 Å². The standard InChI is InChI=1S/C46H78O8P2.Na/c1-3-5-7-9-11-13-15-17-19-21-23-25-27-29-41-51-55(47,48)53-45-37-33-43(34-38-45)31-32-44-35-39-46(40-36-44)54-56(49,50)52-42-30-28-26-24-22-20-18-16-14-12-10-8-6-4-2;/h31-40H,3-30,41-42H2,1-2H3,(H,47,48)(H,49,50);/q;+1/b32-31-;. The maximum absolute atomic E-state index is 12.4. The summed E-state index contributed by atoms with van der Waals surface area (Å²) in [5, 5.41) is 0. The molecule has 320 valence electrons. The molecule has 2 unspecified atom stereocenters. The van der Waals surface area contributed by atoms with Crippen molar-refractivity contribution in [1.29, 1.82) is 0 Å². The number of phosphoric acid groups is 2. The molecule has 0 aliphatic carbocycles. The van der Waals surface area contributed by atoms with Crippen LogP contribution in [0.3, 0.4) is 0 Å². The fourth-order valence-electron chi connectivity index (χ4n) is 6.74. The van der Waals surface area contributed by atoms with Gasteiger partial charge >= 0.3 is 45.2 Å². The molecule has 0 aliphatic rings. The summed E-state index contributed by atoms with van der Waals surface area (Å²) < 4.78 is 45.8. The molecule has 2 aromatic carbocycles. The minimum atomic E-state index is -4.20. The first kappa shape index (κ1) is 54.1. The average Bonchev–Trinajstić information content (AvgIpc) is 3.18. The van der Waals surface area contributed by atoms with Gasteiger partial charge < -0.3 is 9.05 Å². The molecule has 0 amide bonds. The van der Waals surface area contributed by atoms with Crippen molar-refractivity contribution in [2.24, 2.45) is 0 Å². The van der Waals surface area contributed by atoms with Gasteiger partial charge in [0, 0.05) is 0 Å². The van der Waals surface area contributed by atoms with Crippen molar-refractivity contribution >= 4 is 27.8 Å². The molecular weight excluding hydrogens is 765 g/mol. The van der Waals surface area contributed by atoms with E-state index < -0.39 is 15.6 Å². The third-order valence-electron chi connectivity index (χ3n) is 10.2. The molecule has 11 heteroatoms. The summed E-state index contributed by atoms with van der Waals surface area (Å²) in [5.74, 6) is 0.519. The van der Waals surface area contributed by atoms with Gasteiger partial charge in [0.2, 0.25) is 0 Å². The summed E-state index contributed by atoms with van der Waals surface area (Å²) in [4.78, 5) is 20.3. The monoisotopic (exact) mass is 844 g/mol. The Kier molecular flexibility index (Phi) is 34.0. The van der Waals surface area contributed by atoms with Crippen molar-refractivity contribution in [3.63, 3.8) is 0 Å². The summed E-state index contributed by atoms with van der Waals surface area (Å²) in [6.07, 6.45) is 38.7. The quantitative estimate of drug-likeness (QED) is 0.0297. The zero-order valence-corrected chi connectivity index (χ0v) is 40.0. The summed E-state index contributed by atoms with van der Waals surface area (Å²) in [7, 11) is -8.39. The van der Waals surface area contributed by atoms with Crippen molar-refractivity contribution in [2.45, 2.75) is 194 Å². The van der Waals surface area contributed by atoms with Gasteiger partial charge in [0.1, 0.15) is 11.5 Å². The second-order valence-corrected chi connectivity index (χ2v) is 18.2. The summed E-state index contributed by atoms with van der Waals surface area (Å²) in [6.45, 7) is 4.90. The van der Waals surface area contributed by atoms with Gasteiger partial charge in [0.15, 0.2) is 0 Å². The van der Waals surface area contributed by atoms with Gasteiger partial charge in [-0.1, -0.05) is 217 Å². The molecular formula is C46H78NaO8P2+. The number of hydrogen-bond acceptors (Lipinski definition) is 6. The first-order valence-corrected chi connectivity index (χ1v) is 25.4. The summed E-state index contributed by atoms with van der Waals surface area (Å²) in [5.41, 5.74) is 1.73. The van der Waals surface area contributed by atoms with Crippen LogP contribution >= 0.6 is 15.6 Å². The molecule has 2 N–H and O–H groups in total. The molecule has 2 rings (SSSR count). The van der Waals surface area contributed by atoms with E-state index in [1.165, 1.54) is 141 Å². The number of unbranched alkanes of at least 4 members (excludes halogenated alkanes) is 26. The van der Waals surface area contributed by atoms with E-state index in [0.717, 1.165) is 49.7 Å². The van der Waals surface area contributed by atoms with E-state index in [0.29, 0.717) is 0 Å². The van der Waals surface area contributed by atoms with Gasteiger partial charge in [0.05, 0.1) is 13.2 Å². The fourth-order valence-corrected chi connectivity index (χ4v) is 8.35. The van der Waals surface area contributed by atoms with Gasteiger partial charge in [-0.05, 0) is 48.2 Å². The van der Waals surface area contributed by atoms with Crippen molar-refractivity contribution in [3.05, 3.63) is 59.7 Å². The minimum absolute atomic E-state index is 0. The van der Waals surface area contributed by atoms with Crippen molar-refractivity contribution in [1.82, 2.24) is 0 Å². The number of benzene rings is 2. The van der Waals surface area contributed by atoms with Crippen LogP contribution in [0.5, 0.6) is 11.5 Å². The van der Waals surface area contributed by atoms with Crippen LogP contribution in [0.25, 0.3) is 12.2 Å². The number of phosphoric ester groups is 2. The first-order valence-electron chi connectivity index (χ1n) is 22.4. The van der Waals surface area contributed by atoms with E-state index in [-0.39, 0.29) is 54.3 Å². The van der Waals surface area contributed by atoms with Gasteiger partial charge in [-0.15, -0.1) is 0 Å². The van der Waals surface area contributed by atoms with E-state index in [9.17, 15) is 18.9 Å². The molecule has 0 aliphatic heterocycles. The topological polar surface area (TPSA) is 112 Å². The second kappa shape index (κ2) is 35.8. The third kappa shape index (κ3) is 31.6. The molecule has 0 fully saturated rings. The molecule has 0 bridgehead atoms. The minimum Gasteiger partial charge on any atom is -0.404 e. The molecule has 0 spiro atoms. The van der Waals surface area contributed by atoms with Crippen LogP contribution in [0.2, 0.25) is 0 Å². The second-order valence-electron chi connectivity index (χ2n) is 15.4. The Morgan fingerprint density at radius 1 is 0.404 bits per heavy atom. The Morgan fingerprint density at radius 2 is 0.632 bits per heavy atom. The predicted octanol–water partition coefficient (Wildman–Crippen LogP) is 12.8. The van der Waals surface area contributed by atoms with Crippen molar-refractivity contribution in [3.8, 4) is 11.5 Å². The fraction of sp³-hybridized carbons (Fsp3) is 0.696. The van der Waals surface area contributed by atoms with Crippen LogP contribution in [0, 0.1) is 0 Å². The first-order chi connectivity index (χ1) is 27.2. The molecule has 0 aromatic heterocycles. The molecule has 0 radical (unpaired) electrons. The maximum atomic E-state index is 12.4. The Bertz CT molecular complexity index is 1240. The molecule has 2 aromatic rings. The Hall–Kier alpha value is -0.920. The molecule has 8 nitrogen and oxygen atoms in total. The largest absolute Gasteiger partial charge is 1.00 e. The third-order valence-corrected chi connectivity index (χ3v) is 12.1. The zero-order valence-electron chi connectivity index (χ0n) is 36.2. The van der Waals surface area contributed by atoms with Gasteiger partial charge in [0.25, 0.3) is 0 Å². The smallest absolute Gasteiger partial charge is 0.404 e. The Labute approximate surface area is 370 Å². The van der Waals surface area contributed by atoms with Gasteiger partial charge in [-0.3, -0.25) is 18.8 Å². The van der Waals surface area contributed by atoms with Gasteiger partial charge in [-0.2, -0.15) is 0 Å². The average molecular weight is 844 g/mol. The van der Waals surface area contributed by atoms with Crippen LogP contribution in [0.15, 0.2) is 48.5 Å². The molecule has 2 atom stereocenters. The zero-order chi connectivity index (χ0) is 40.4. The SMILES string of the molecule is CCCCCCCCCCCCCCCCOP(=O)(O)Oc1ccc(/C=C\c2ccc(OP(=O)(O)OCCCCCCCCCCCCCCCC)cc2)cc1.[Na+]. The van der Waals surface area contributed by atoms with E-state index >= 15 is 0 Å². The molecule has 0 saturated heterocycles. The number of rotatable bonds is 38. The Morgan fingerprint density at radius 3 is 0.877 bits per heavy atom. The predicted molar refractivity (Wildman–Crippen MR) is 235 cm³/mol. The van der Waals surface area contributed by atoms with E-state index in [2.05, 4.69) is 13.8 Å². The van der Waals surface area contributed by atoms with Crippen molar-refractivity contribution < 1.29 is 66.6 Å². The molecule has 0 heterocycles. The van der Waals surface area contributed by atoms with Crippen LogP contribution in [0.1, 0.15) is 205 Å².